The van der Waals surface area contributed by atoms with E-state index in [-0.39, 0.29) is 0 Å². The van der Waals surface area contributed by atoms with E-state index in [9.17, 15) is 0 Å². The number of benzene rings is 1. The summed E-state index contributed by atoms with van der Waals surface area (Å²) in [5, 5.41) is 0. The van der Waals surface area contributed by atoms with Crippen molar-refractivity contribution in [2.24, 2.45) is 0 Å². The lowest BCUT2D eigenvalue weighted by atomic mass is 10.2. The highest BCUT2D eigenvalue weighted by atomic mass is 16.3. The van der Waals surface area contributed by atoms with Gasteiger partial charge in [-0.15, -0.1) is 0 Å². The molecule has 2 heterocycles. The van der Waals surface area contributed by atoms with Crippen molar-refractivity contribution in [3.05, 3.63) is 47.7 Å². The number of rotatable bonds is 3. The predicted molar refractivity (Wildman–Crippen MR) is 80.8 cm³/mol. The predicted octanol–water partition coefficient (Wildman–Crippen LogP) is 3.69. The van der Waals surface area contributed by atoms with Crippen LogP contribution in [0.1, 0.15) is 37.1 Å². The quantitative estimate of drug-likeness (QED) is 0.738. The Kier molecular flexibility index (Phi) is 3.01. The zero-order valence-corrected chi connectivity index (χ0v) is 12.1. The van der Waals surface area contributed by atoms with Crippen LogP contribution in [0.2, 0.25) is 0 Å². The molecule has 0 atom stereocenters. The van der Waals surface area contributed by atoms with E-state index in [1.807, 2.05) is 37.3 Å². The van der Waals surface area contributed by atoms with Crippen LogP contribution >= 0.6 is 0 Å². The third-order valence-electron chi connectivity index (χ3n) is 3.43. The number of nitrogens with zero attached hydrogens (tertiary/aromatic N) is 2. The molecule has 3 rings (SSSR count). The smallest absolute Gasteiger partial charge is 0.123 e. The summed E-state index contributed by atoms with van der Waals surface area (Å²) < 4.78 is 7.90. The summed E-state index contributed by atoms with van der Waals surface area (Å²) in [6.07, 6.45) is 0. The van der Waals surface area contributed by atoms with Gasteiger partial charge in [0.2, 0.25) is 0 Å². The molecule has 0 fully saturated rings. The first-order chi connectivity index (χ1) is 9.54. The lowest BCUT2D eigenvalue weighted by molar-refractivity contribution is 0.467. The largest absolute Gasteiger partial charge is 0.464 e. The topological polar surface area (TPSA) is 57.0 Å². The molecule has 0 aliphatic rings. The van der Waals surface area contributed by atoms with Crippen LogP contribution in [0.25, 0.3) is 11.0 Å². The van der Waals surface area contributed by atoms with E-state index in [0.29, 0.717) is 12.5 Å². The van der Waals surface area contributed by atoms with Crippen molar-refractivity contribution in [2.45, 2.75) is 33.2 Å². The molecule has 4 nitrogen and oxygen atoms in total. The van der Waals surface area contributed by atoms with Crippen LogP contribution in [-0.2, 0) is 6.54 Å². The van der Waals surface area contributed by atoms with Crippen LogP contribution in [0.3, 0.4) is 0 Å². The van der Waals surface area contributed by atoms with Crippen LogP contribution in [-0.4, -0.2) is 9.55 Å². The zero-order chi connectivity index (χ0) is 14.3. The van der Waals surface area contributed by atoms with Crippen LogP contribution in [0.4, 0.5) is 5.69 Å². The van der Waals surface area contributed by atoms with E-state index in [2.05, 4.69) is 18.4 Å². The van der Waals surface area contributed by atoms with Gasteiger partial charge in [0.25, 0.3) is 0 Å². The summed E-state index contributed by atoms with van der Waals surface area (Å²) in [5.74, 6) is 3.28. The molecule has 3 aromatic rings. The van der Waals surface area contributed by atoms with E-state index in [1.54, 1.807) is 0 Å². The highest BCUT2D eigenvalue weighted by Gasteiger charge is 2.15. The van der Waals surface area contributed by atoms with Crippen LogP contribution in [0.15, 0.2) is 34.7 Å². The fraction of sp³-hybridized carbons (Fsp3) is 0.312. The van der Waals surface area contributed by atoms with Gasteiger partial charge in [0.15, 0.2) is 0 Å². The van der Waals surface area contributed by atoms with Crippen molar-refractivity contribution in [2.75, 3.05) is 5.73 Å². The minimum absolute atomic E-state index is 0.347. The number of furan rings is 1. The summed E-state index contributed by atoms with van der Waals surface area (Å²) in [5.41, 5.74) is 8.63. The molecule has 0 radical (unpaired) electrons. The Morgan fingerprint density at radius 1 is 1.25 bits per heavy atom. The molecular formula is C16H19N3O. The van der Waals surface area contributed by atoms with E-state index < -0.39 is 0 Å². The van der Waals surface area contributed by atoms with Gasteiger partial charge in [-0.3, -0.25) is 0 Å². The van der Waals surface area contributed by atoms with Crippen LogP contribution in [0, 0.1) is 6.92 Å². The lowest BCUT2D eigenvalue weighted by Gasteiger charge is -2.10. The Hall–Kier alpha value is -2.23. The maximum Gasteiger partial charge on any atom is 0.123 e. The van der Waals surface area contributed by atoms with Crippen LogP contribution in [0.5, 0.6) is 0 Å². The average Bonchev–Trinajstić information content (AvgIpc) is 2.94. The van der Waals surface area contributed by atoms with Gasteiger partial charge in [0, 0.05) is 11.6 Å². The molecule has 0 bridgehead atoms. The number of anilines is 1. The molecule has 4 heteroatoms. The van der Waals surface area contributed by atoms with Gasteiger partial charge < -0.3 is 14.7 Å². The standard InChI is InChI=1S/C16H19N3O/c1-10(2)16-18-14-8-12(17)5-7-15(14)19(16)9-13-6-4-11(3)20-13/h4-8,10H,9,17H2,1-3H3. The molecule has 2 N–H and O–H groups in total. The highest BCUT2D eigenvalue weighted by Crippen LogP contribution is 2.25. The van der Waals surface area contributed by atoms with Gasteiger partial charge in [0.1, 0.15) is 17.3 Å². The minimum atomic E-state index is 0.347. The second-order valence-electron chi connectivity index (χ2n) is 5.47. The van der Waals surface area contributed by atoms with Crippen molar-refractivity contribution in [1.82, 2.24) is 9.55 Å². The maximum absolute atomic E-state index is 5.85. The van der Waals surface area contributed by atoms with Crippen molar-refractivity contribution < 1.29 is 4.42 Å². The van der Waals surface area contributed by atoms with E-state index in [0.717, 1.165) is 34.1 Å². The van der Waals surface area contributed by atoms with E-state index in [4.69, 9.17) is 15.1 Å². The molecule has 0 amide bonds. The molecular weight excluding hydrogens is 250 g/mol. The summed E-state index contributed by atoms with van der Waals surface area (Å²) >= 11 is 0. The Balaban J connectivity index is 2.13. The Bertz CT molecular complexity index is 752. The fourth-order valence-electron chi connectivity index (χ4n) is 2.50. The van der Waals surface area contributed by atoms with Gasteiger partial charge >= 0.3 is 0 Å². The van der Waals surface area contributed by atoms with Gasteiger partial charge in [-0.2, -0.15) is 0 Å². The van der Waals surface area contributed by atoms with Crippen molar-refractivity contribution in [3.63, 3.8) is 0 Å². The van der Waals surface area contributed by atoms with Crippen molar-refractivity contribution in [3.8, 4) is 0 Å². The zero-order valence-electron chi connectivity index (χ0n) is 12.1. The molecule has 0 aliphatic carbocycles. The number of nitrogens with two attached hydrogens (primary N) is 1. The first kappa shape index (κ1) is 12.8. The summed E-state index contributed by atoms with van der Waals surface area (Å²) in [4.78, 5) is 4.72. The fourth-order valence-corrected chi connectivity index (χ4v) is 2.50. The minimum Gasteiger partial charge on any atom is -0.464 e. The molecule has 0 spiro atoms. The molecule has 20 heavy (non-hydrogen) atoms. The summed E-state index contributed by atoms with van der Waals surface area (Å²) in [6, 6.07) is 9.87. The molecule has 0 unspecified atom stereocenters. The number of hydrogen-bond donors (Lipinski definition) is 1. The molecule has 0 aliphatic heterocycles. The number of fused-ring (bicyclic) bond motifs is 1. The van der Waals surface area contributed by atoms with Gasteiger partial charge in [0.05, 0.1) is 17.6 Å². The average molecular weight is 269 g/mol. The third-order valence-corrected chi connectivity index (χ3v) is 3.43. The van der Waals surface area contributed by atoms with Crippen LogP contribution < -0.4 is 5.73 Å². The van der Waals surface area contributed by atoms with E-state index in [1.165, 1.54) is 0 Å². The first-order valence-corrected chi connectivity index (χ1v) is 6.85. The second kappa shape index (κ2) is 4.71. The van der Waals surface area contributed by atoms with Crippen molar-refractivity contribution >= 4 is 16.7 Å². The van der Waals surface area contributed by atoms with Gasteiger partial charge in [-0.25, -0.2) is 4.98 Å². The normalized spacial score (nSPS) is 11.6. The summed E-state index contributed by atoms with van der Waals surface area (Å²) in [7, 11) is 0. The number of imidazole rings is 1. The third kappa shape index (κ3) is 2.18. The van der Waals surface area contributed by atoms with Gasteiger partial charge in [-0.1, -0.05) is 13.8 Å². The Morgan fingerprint density at radius 3 is 2.70 bits per heavy atom. The first-order valence-electron chi connectivity index (χ1n) is 6.85. The number of aryl methyl sites for hydroxylation is 1. The SMILES string of the molecule is Cc1ccc(Cn2c(C(C)C)nc3cc(N)ccc32)o1. The molecule has 104 valence electrons. The number of nitrogen functional groups attached to an aromatic ring is 1. The van der Waals surface area contributed by atoms with Crippen molar-refractivity contribution in [1.29, 1.82) is 0 Å². The number of hydrogen-bond acceptors (Lipinski definition) is 3. The van der Waals surface area contributed by atoms with E-state index >= 15 is 0 Å². The summed E-state index contributed by atoms with van der Waals surface area (Å²) in [6.45, 7) is 6.95. The monoisotopic (exact) mass is 269 g/mol. The maximum atomic E-state index is 5.85. The molecule has 1 aromatic carbocycles. The highest BCUT2D eigenvalue weighted by molar-refractivity contribution is 5.79. The lowest BCUT2D eigenvalue weighted by Crippen LogP contribution is -2.06. The Morgan fingerprint density at radius 2 is 2.05 bits per heavy atom. The molecule has 0 saturated heterocycles. The molecule has 0 saturated carbocycles. The number of aromatic nitrogens is 2. The van der Waals surface area contributed by atoms with Gasteiger partial charge in [-0.05, 0) is 37.3 Å². The second-order valence-corrected chi connectivity index (χ2v) is 5.47. The Labute approximate surface area is 118 Å². The molecule has 2 aromatic heterocycles.